The molecule has 4 unspecified atom stereocenters. The Balaban J connectivity index is 1.15. The highest BCUT2D eigenvalue weighted by atomic mass is 16.5. The van der Waals surface area contributed by atoms with Gasteiger partial charge in [-0.1, -0.05) is 25.7 Å². The molecule has 142 valence electrons. The Morgan fingerprint density at radius 3 is 2.20 bits per heavy atom. The van der Waals surface area contributed by atoms with Gasteiger partial charge >= 0.3 is 0 Å². The normalized spacial score (nSPS) is 49.8. The second-order valence-electron chi connectivity index (χ2n) is 10.5. The maximum absolute atomic E-state index is 6.66. The van der Waals surface area contributed by atoms with Crippen LogP contribution in [0.5, 0.6) is 0 Å². The maximum Gasteiger partial charge on any atom is 0.0784 e. The van der Waals surface area contributed by atoms with Gasteiger partial charge in [-0.25, -0.2) is 0 Å². The molecule has 25 heavy (non-hydrogen) atoms. The molecule has 0 N–H and O–H groups in total. The second kappa shape index (κ2) is 6.82. The maximum atomic E-state index is 6.66. The highest BCUT2D eigenvalue weighted by molar-refractivity contribution is 5.03. The fraction of sp³-hybridized carbons (Fsp3) is 1.00. The molecule has 6 saturated carbocycles. The molecule has 4 bridgehead atoms. The molecule has 4 atom stereocenters. The number of rotatable bonds is 5. The van der Waals surface area contributed by atoms with Crippen molar-refractivity contribution in [3.63, 3.8) is 0 Å². The first kappa shape index (κ1) is 17.0. The van der Waals surface area contributed by atoms with Crippen molar-refractivity contribution in [3.05, 3.63) is 0 Å². The highest BCUT2D eigenvalue weighted by Gasteiger charge is 2.51. The zero-order valence-electron chi connectivity index (χ0n) is 16.3. The molecule has 0 amide bonds. The molecule has 6 aliphatic rings. The van der Waals surface area contributed by atoms with Crippen molar-refractivity contribution >= 4 is 0 Å². The number of fused-ring (bicyclic) bond motifs is 1. The van der Waals surface area contributed by atoms with Crippen LogP contribution < -0.4 is 0 Å². The predicted molar refractivity (Wildman–Crippen MR) is 100 cm³/mol. The van der Waals surface area contributed by atoms with Crippen molar-refractivity contribution in [2.75, 3.05) is 6.61 Å². The quantitative estimate of drug-likeness (QED) is 0.632. The lowest BCUT2D eigenvalue weighted by atomic mass is 9.54. The minimum Gasteiger partial charge on any atom is -0.373 e. The van der Waals surface area contributed by atoms with Gasteiger partial charge in [0.05, 0.1) is 24.4 Å². The minimum atomic E-state index is 0.242. The van der Waals surface area contributed by atoms with Crippen LogP contribution in [0.4, 0.5) is 0 Å². The van der Waals surface area contributed by atoms with Gasteiger partial charge in [-0.2, -0.15) is 0 Å². The van der Waals surface area contributed by atoms with E-state index in [1.165, 1.54) is 83.5 Å². The van der Waals surface area contributed by atoms with E-state index in [1.807, 2.05) is 0 Å². The average Bonchev–Trinajstić information content (AvgIpc) is 2.59. The molecule has 0 aliphatic heterocycles. The summed E-state index contributed by atoms with van der Waals surface area (Å²) >= 11 is 0. The van der Waals surface area contributed by atoms with Gasteiger partial charge in [-0.05, 0) is 94.3 Å². The summed E-state index contributed by atoms with van der Waals surface area (Å²) in [6.07, 6.45) is 19.2. The van der Waals surface area contributed by atoms with Crippen molar-refractivity contribution in [1.82, 2.24) is 0 Å². The van der Waals surface area contributed by atoms with Crippen LogP contribution in [-0.2, 0) is 9.47 Å². The van der Waals surface area contributed by atoms with Crippen molar-refractivity contribution in [3.8, 4) is 0 Å². The lowest BCUT2D eigenvalue weighted by Crippen LogP contribution is -2.52. The Morgan fingerprint density at radius 1 is 0.840 bits per heavy atom. The standard InChI is InChI=1S/C23H38O2/c1-16(25-22-8-4-6-20-5-2-3-7-21(20)22)15-24-23-12-17-9-18(13-23)11-19(10-17)14-23/h16-22H,2-15H2,1H3. The molecule has 0 heterocycles. The molecule has 6 fully saturated rings. The molecule has 0 spiro atoms. The molecule has 6 aliphatic carbocycles. The Hall–Kier alpha value is -0.0800. The topological polar surface area (TPSA) is 18.5 Å². The summed E-state index contributed by atoms with van der Waals surface area (Å²) in [5, 5.41) is 0. The summed E-state index contributed by atoms with van der Waals surface area (Å²) in [4.78, 5) is 0. The van der Waals surface area contributed by atoms with E-state index in [-0.39, 0.29) is 11.7 Å². The van der Waals surface area contributed by atoms with Crippen LogP contribution in [0.25, 0.3) is 0 Å². The van der Waals surface area contributed by atoms with E-state index in [0.29, 0.717) is 6.10 Å². The van der Waals surface area contributed by atoms with E-state index in [1.54, 1.807) is 0 Å². The fourth-order valence-electron chi connectivity index (χ4n) is 7.89. The Labute approximate surface area is 154 Å². The lowest BCUT2D eigenvalue weighted by molar-refractivity contribution is -0.188. The third-order valence-electron chi connectivity index (χ3n) is 8.52. The van der Waals surface area contributed by atoms with E-state index >= 15 is 0 Å². The smallest absolute Gasteiger partial charge is 0.0784 e. The van der Waals surface area contributed by atoms with Crippen LogP contribution in [-0.4, -0.2) is 24.4 Å². The lowest BCUT2D eigenvalue weighted by Gasteiger charge is -2.56. The van der Waals surface area contributed by atoms with Crippen molar-refractivity contribution in [2.45, 2.75) is 108 Å². The van der Waals surface area contributed by atoms with Crippen molar-refractivity contribution in [2.24, 2.45) is 29.6 Å². The summed E-state index contributed by atoms with van der Waals surface area (Å²) in [6, 6.07) is 0. The van der Waals surface area contributed by atoms with E-state index in [2.05, 4.69) is 6.92 Å². The summed E-state index contributed by atoms with van der Waals surface area (Å²) in [6.45, 7) is 3.10. The first-order valence-corrected chi connectivity index (χ1v) is 11.5. The number of hydrogen-bond donors (Lipinski definition) is 0. The van der Waals surface area contributed by atoms with Crippen molar-refractivity contribution in [1.29, 1.82) is 0 Å². The van der Waals surface area contributed by atoms with Crippen LogP contribution in [0.1, 0.15) is 90.4 Å². The van der Waals surface area contributed by atoms with E-state index in [4.69, 9.17) is 9.47 Å². The Kier molecular flexibility index (Phi) is 4.65. The fourth-order valence-corrected chi connectivity index (χ4v) is 7.89. The number of ether oxygens (including phenoxy) is 2. The van der Waals surface area contributed by atoms with Gasteiger partial charge in [-0.3, -0.25) is 0 Å². The molecular weight excluding hydrogens is 308 g/mol. The molecule has 0 aromatic rings. The average molecular weight is 347 g/mol. The molecule has 0 saturated heterocycles. The largest absolute Gasteiger partial charge is 0.373 e. The van der Waals surface area contributed by atoms with Crippen LogP contribution in [0.3, 0.4) is 0 Å². The molecule has 0 aromatic carbocycles. The Morgan fingerprint density at radius 2 is 1.48 bits per heavy atom. The van der Waals surface area contributed by atoms with Gasteiger partial charge in [0.15, 0.2) is 0 Å². The monoisotopic (exact) mass is 346 g/mol. The second-order valence-corrected chi connectivity index (χ2v) is 10.5. The Bertz CT molecular complexity index is 435. The SMILES string of the molecule is CC(COC12CC3CC(CC(C3)C1)C2)OC1CCCC2CCCCC21. The molecule has 2 nitrogen and oxygen atoms in total. The molecular formula is C23H38O2. The molecule has 2 heteroatoms. The summed E-state index contributed by atoms with van der Waals surface area (Å²) < 4.78 is 13.3. The number of hydrogen-bond acceptors (Lipinski definition) is 2. The van der Waals surface area contributed by atoms with Gasteiger partial charge in [0.1, 0.15) is 0 Å². The minimum absolute atomic E-state index is 0.242. The van der Waals surface area contributed by atoms with Crippen LogP contribution in [0.2, 0.25) is 0 Å². The van der Waals surface area contributed by atoms with E-state index < -0.39 is 0 Å². The molecule has 0 aromatic heterocycles. The van der Waals surface area contributed by atoms with Gasteiger partial charge in [-0.15, -0.1) is 0 Å². The molecule has 6 rings (SSSR count). The van der Waals surface area contributed by atoms with E-state index in [9.17, 15) is 0 Å². The van der Waals surface area contributed by atoms with Gasteiger partial charge in [0, 0.05) is 0 Å². The first-order chi connectivity index (χ1) is 12.2. The zero-order valence-corrected chi connectivity index (χ0v) is 16.3. The van der Waals surface area contributed by atoms with Crippen LogP contribution in [0, 0.1) is 29.6 Å². The van der Waals surface area contributed by atoms with Crippen molar-refractivity contribution < 1.29 is 9.47 Å². The van der Waals surface area contributed by atoms with Crippen LogP contribution >= 0.6 is 0 Å². The summed E-state index contributed by atoms with van der Waals surface area (Å²) in [7, 11) is 0. The predicted octanol–water partition coefficient (Wildman–Crippen LogP) is 5.74. The highest BCUT2D eigenvalue weighted by Crippen LogP contribution is 2.57. The van der Waals surface area contributed by atoms with Gasteiger partial charge in [0.25, 0.3) is 0 Å². The third-order valence-corrected chi connectivity index (χ3v) is 8.52. The van der Waals surface area contributed by atoms with Crippen LogP contribution in [0.15, 0.2) is 0 Å². The van der Waals surface area contributed by atoms with Gasteiger partial charge in [0.2, 0.25) is 0 Å². The third kappa shape index (κ3) is 3.43. The summed E-state index contributed by atoms with van der Waals surface area (Å²) in [5.41, 5.74) is 0.242. The summed E-state index contributed by atoms with van der Waals surface area (Å²) in [5.74, 6) is 4.74. The van der Waals surface area contributed by atoms with Gasteiger partial charge < -0.3 is 9.47 Å². The molecule has 0 radical (unpaired) electrons. The first-order valence-electron chi connectivity index (χ1n) is 11.5. The van der Waals surface area contributed by atoms with E-state index in [0.717, 1.165) is 36.2 Å². The zero-order chi connectivity index (χ0) is 16.9.